The van der Waals surface area contributed by atoms with Gasteiger partial charge in [-0.2, -0.15) is 0 Å². The summed E-state index contributed by atoms with van der Waals surface area (Å²) in [7, 11) is 0. The molecule has 2 heterocycles. The maximum Gasteiger partial charge on any atom is 0.189 e. The standard InChI is InChI=1S/C7H8N2O/c1-5-9-7-6(10-5)3-2-4-8-7/h2-4,7-8H,1H3. The Bertz CT molecular complexity index is 240. The van der Waals surface area contributed by atoms with Crippen LogP contribution in [0.2, 0.25) is 0 Å². The molecule has 0 spiro atoms. The van der Waals surface area contributed by atoms with Crippen LogP contribution in [0.5, 0.6) is 0 Å². The zero-order valence-corrected chi connectivity index (χ0v) is 5.66. The van der Waals surface area contributed by atoms with Crippen LogP contribution in [-0.4, -0.2) is 12.1 Å². The molecular weight excluding hydrogens is 128 g/mol. The lowest BCUT2D eigenvalue weighted by molar-refractivity contribution is 0.401. The van der Waals surface area contributed by atoms with Crippen LogP contribution in [0, 0.1) is 0 Å². The minimum absolute atomic E-state index is 0.0324. The van der Waals surface area contributed by atoms with Gasteiger partial charge in [0.1, 0.15) is 0 Å². The maximum absolute atomic E-state index is 5.26. The van der Waals surface area contributed by atoms with Crippen LogP contribution in [0.4, 0.5) is 0 Å². The number of ether oxygens (including phenoxy) is 1. The summed E-state index contributed by atoms with van der Waals surface area (Å²) in [6, 6.07) is 0. The van der Waals surface area contributed by atoms with Gasteiger partial charge in [0.2, 0.25) is 0 Å². The van der Waals surface area contributed by atoms with Crippen molar-refractivity contribution in [2.24, 2.45) is 4.99 Å². The Morgan fingerprint density at radius 2 is 2.60 bits per heavy atom. The number of allylic oxidation sites excluding steroid dienone is 2. The van der Waals surface area contributed by atoms with Gasteiger partial charge in [-0.3, -0.25) is 0 Å². The SMILES string of the molecule is CC1=NC2NC=CC=C2O1. The minimum Gasteiger partial charge on any atom is -0.444 e. The molecule has 3 nitrogen and oxygen atoms in total. The molecule has 0 aromatic rings. The monoisotopic (exact) mass is 136 g/mol. The molecule has 1 atom stereocenters. The fourth-order valence-corrected chi connectivity index (χ4v) is 1.03. The molecule has 10 heavy (non-hydrogen) atoms. The lowest BCUT2D eigenvalue weighted by Gasteiger charge is -2.10. The first-order valence-electron chi connectivity index (χ1n) is 3.21. The molecule has 0 aliphatic carbocycles. The highest BCUT2D eigenvalue weighted by Crippen LogP contribution is 2.17. The van der Waals surface area contributed by atoms with Crippen LogP contribution in [-0.2, 0) is 4.74 Å². The quantitative estimate of drug-likeness (QED) is 0.533. The van der Waals surface area contributed by atoms with E-state index in [4.69, 9.17) is 4.74 Å². The Kier molecular flexibility index (Phi) is 1.03. The molecule has 2 aliphatic heterocycles. The van der Waals surface area contributed by atoms with E-state index in [1.807, 2.05) is 25.3 Å². The molecule has 1 N–H and O–H groups in total. The second-order valence-corrected chi connectivity index (χ2v) is 2.25. The van der Waals surface area contributed by atoms with E-state index in [9.17, 15) is 0 Å². The van der Waals surface area contributed by atoms with Crippen molar-refractivity contribution in [2.45, 2.75) is 13.1 Å². The Balaban J connectivity index is 2.28. The third kappa shape index (κ3) is 0.708. The predicted octanol–water partition coefficient (Wildman–Crippen LogP) is 0.762. The molecule has 0 amide bonds. The number of hydrogen-bond donors (Lipinski definition) is 1. The normalized spacial score (nSPS) is 27.9. The zero-order valence-electron chi connectivity index (χ0n) is 5.66. The van der Waals surface area contributed by atoms with E-state index in [0.29, 0.717) is 0 Å². The smallest absolute Gasteiger partial charge is 0.189 e. The van der Waals surface area contributed by atoms with E-state index >= 15 is 0 Å². The number of hydrogen-bond acceptors (Lipinski definition) is 3. The number of nitrogens with zero attached hydrogens (tertiary/aromatic N) is 1. The molecule has 2 rings (SSSR count). The molecule has 2 aliphatic rings. The summed E-state index contributed by atoms with van der Waals surface area (Å²) in [5.41, 5.74) is 0. The fraction of sp³-hybridized carbons (Fsp3) is 0.286. The topological polar surface area (TPSA) is 33.6 Å². The molecule has 0 radical (unpaired) electrons. The summed E-state index contributed by atoms with van der Waals surface area (Å²) >= 11 is 0. The molecule has 52 valence electrons. The lowest BCUT2D eigenvalue weighted by Crippen LogP contribution is -2.23. The molecule has 3 heteroatoms. The van der Waals surface area contributed by atoms with Gasteiger partial charge >= 0.3 is 0 Å². The van der Waals surface area contributed by atoms with Crippen molar-refractivity contribution in [2.75, 3.05) is 0 Å². The first-order chi connectivity index (χ1) is 4.86. The minimum atomic E-state index is 0.0324. The van der Waals surface area contributed by atoms with Crippen LogP contribution in [0.1, 0.15) is 6.92 Å². The second kappa shape index (κ2) is 1.87. The summed E-state index contributed by atoms with van der Waals surface area (Å²) in [4.78, 5) is 4.17. The van der Waals surface area contributed by atoms with Gasteiger partial charge in [-0.1, -0.05) is 0 Å². The molecule has 0 fully saturated rings. The van der Waals surface area contributed by atoms with Crippen LogP contribution in [0.25, 0.3) is 0 Å². The largest absolute Gasteiger partial charge is 0.444 e. The van der Waals surface area contributed by atoms with E-state index in [2.05, 4.69) is 10.3 Å². The fourth-order valence-electron chi connectivity index (χ4n) is 1.03. The summed E-state index contributed by atoms with van der Waals surface area (Å²) < 4.78 is 5.26. The molecule has 0 saturated carbocycles. The van der Waals surface area contributed by atoms with Crippen molar-refractivity contribution in [3.63, 3.8) is 0 Å². The molecule has 0 aromatic heterocycles. The van der Waals surface area contributed by atoms with Crippen LogP contribution in [0.3, 0.4) is 0 Å². The highest BCUT2D eigenvalue weighted by atomic mass is 16.5. The Morgan fingerprint density at radius 1 is 1.70 bits per heavy atom. The second-order valence-electron chi connectivity index (χ2n) is 2.25. The Labute approximate surface area is 59.1 Å². The predicted molar refractivity (Wildman–Crippen MR) is 38.3 cm³/mol. The number of dihydropyridines is 1. The van der Waals surface area contributed by atoms with Gasteiger partial charge in [0.05, 0.1) is 0 Å². The number of fused-ring (bicyclic) bond motifs is 1. The Hall–Kier alpha value is -1.25. The molecule has 0 saturated heterocycles. The number of rotatable bonds is 0. The van der Waals surface area contributed by atoms with Crippen LogP contribution in [0.15, 0.2) is 29.1 Å². The van der Waals surface area contributed by atoms with Crippen molar-refractivity contribution in [3.05, 3.63) is 24.1 Å². The van der Waals surface area contributed by atoms with Gasteiger partial charge in [-0.05, 0) is 18.4 Å². The maximum atomic E-state index is 5.26. The lowest BCUT2D eigenvalue weighted by atomic mass is 10.3. The van der Waals surface area contributed by atoms with E-state index < -0.39 is 0 Å². The van der Waals surface area contributed by atoms with Gasteiger partial charge in [-0.25, -0.2) is 4.99 Å². The summed E-state index contributed by atoms with van der Waals surface area (Å²) in [6.07, 6.45) is 5.71. The van der Waals surface area contributed by atoms with Gasteiger partial charge in [0.25, 0.3) is 0 Å². The highest BCUT2D eigenvalue weighted by molar-refractivity contribution is 5.77. The van der Waals surface area contributed by atoms with Gasteiger partial charge in [-0.15, -0.1) is 0 Å². The average Bonchev–Trinajstić information content (AvgIpc) is 2.27. The zero-order chi connectivity index (χ0) is 6.97. The van der Waals surface area contributed by atoms with Crippen LogP contribution < -0.4 is 5.32 Å². The molecular formula is C7H8N2O. The number of aliphatic imine (C=N–C) groups is 1. The first kappa shape index (κ1) is 5.53. The van der Waals surface area contributed by atoms with Gasteiger partial charge in [0.15, 0.2) is 17.8 Å². The third-order valence-corrected chi connectivity index (χ3v) is 1.46. The summed E-state index contributed by atoms with van der Waals surface area (Å²) in [5, 5.41) is 3.05. The van der Waals surface area contributed by atoms with Crippen molar-refractivity contribution in [1.82, 2.24) is 5.32 Å². The average molecular weight is 136 g/mol. The van der Waals surface area contributed by atoms with E-state index in [1.165, 1.54) is 0 Å². The van der Waals surface area contributed by atoms with Crippen molar-refractivity contribution < 1.29 is 4.74 Å². The molecule has 1 unspecified atom stereocenters. The van der Waals surface area contributed by atoms with Crippen molar-refractivity contribution in [1.29, 1.82) is 0 Å². The third-order valence-electron chi connectivity index (χ3n) is 1.46. The van der Waals surface area contributed by atoms with Gasteiger partial charge < -0.3 is 10.1 Å². The summed E-state index contributed by atoms with van der Waals surface area (Å²) in [6.45, 7) is 1.85. The van der Waals surface area contributed by atoms with Crippen molar-refractivity contribution in [3.8, 4) is 0 Å². The van der Waals surface area contributed by atoms with Gasteiger partial charge in [0, 0.05) is 6.92 Å². The summed E-state index contributed by atoms with van der Waals surface area (Å²) in [5.74, 6) is 1.62. The van der Waals surface area contributed by atoms with E-state index in [-0.39, 0.29) is 6.17 Å². The number of nitrogens with one attached hydrogen (secondary N) is 1. The molecule has 0 aromatic carbocycles. The van der Waals surface area contributed by atoms with E-state index in [1.54, 1.807) is 0 Å². The van der Waals surface area contributed by atoms with E-state index in [0.717, 1.165) is 11.7 Å². The van der Waals surface area contributed by atoms with Crippen molar-refractivity contribution >= 4 is 5.90 Å². The molecule has 0 bridgehead atoms. The first-order valence-corrected chi connectivity index (χ1v) is 3.21. The highest BCUT2D eigenvalue weighted by Gasteiger charge is 2.22. The van der Waals surface area contributed by atoms with Crippen LogP contribution >= 0.6 is 0 Å². The Morgan fingerprint density at radius 3 is 3.40 bits per heavy atom.